The highest BCUT2D eigenvalue weighted by Gasteiger charge is 2.55. The van der Waals surface area contributed by atoms with Gasteiger partial charge in [-0.25, -0.2) is 4.79 Å². The fourth-order valence-electron chi connectivity index (χ4n) is 6.83. The van der Waals surface area contributed by atoms with Crippen LogP contribution in [0.15, 0.2) is 42.5 Å². The van der Waals surface area contributed by atoms with Gasteiger partial charge in [-0.05, 0) is 47.9 Å². The molecule has 0 aromatic heterocycles. The van der Waals surface area contributed by atoms with E-state index >= 15 is 0 Å². The van der Waals surface area contributed by atoms with Crippen LogP contribution >= 0.6 is 0 Å². The van der Waals surface area contributed by atoms with E-state index in [9.17, 15) is 71.2 Å². The summed E-state index contributed by atoms with van der Waals surface area (Å²) in [5.41, 5.74) is -3.46. The number of ether oxygens (including phenoxy) is 9. The van der Waals surface area contributed by atoms with Gasteiger partial charge in [0.05, 0.1) is 46.2 Å². The molecule has 61 heavy (non-hydrogen) atoms. The molecular formula is C38H50O23. The Hall–Kier alpha value is -3.83. The maximum Gasteiger partial charge on any atom is 0.331 e. The third-order valence-corrected chi connectivity index (χ3v) is 10.6. The van der Waals surface area contributed by atoms with Gasteiger partial charge >= 0.3 is 5.97 Å². The van der Waals surface area contributed by atoms with Gasteiger partial charge in [0.2, 0.25) is 0 Å². The van der Waals surface area contributed by atoms with Crippen molar-refractivity contribution in [1.29, 1.82) is 0 Å². The zero-order valence-corrected chi connectivity index (χ0v) is 32.2. The topological polar surface area (TPSA) is 363 Å². The van der Waals surface area contributed by atoms with Gasteiger partial charge in [0.15, 0.2) is 54.3 Å². The SMILES string of the molecule is O=C(/C=C/c1ccc(O)c(O)c1)O[C@H]1[C@H](O[C@@H]2OC[C@](O)(CO)[C@H]2O)[C@@H](O)[C@H](OCCc2ccc(O)c(O)c2)O[C@@H]1CO[C@@H]1OC[C@@H](O[C@@H]2OC[C@](O)(CO)[C@H]2O)[C@H](O)[C@H]1O. The number of carbonyl (C=O) groups is 1. The van der Waals surface area contributed by atoms with Crippen LogP contribution in [0.3, 0.4) is 0 Å². The molecule has 0 amide bonds. The molecule has 4 heterocycles. The second-order valence-electron chi connectivity index (χ2n) is 15.0. The molecule has 13 N–H and O–H groups in total. The summed E-state index contributed by atoms with van der Waals surface area (Å²) in [6.45, 7) is -4.24. The van der Waals surface area contributed by atoms with Gasteiger partial charge in [-0.1, -0.05) is 12.1 Å². The fraction of sp³-hybridized carbons (Fsp3) is 0.605. The third kappa shape index (κ3) is 10.5. The Labute approximate surface area is 346 Å². The molecule has 0 unspecified atom stereocenters. The van der Waals surface area contributed by atoms with Crippen molar-refractivity contribution >= 4 is 12.0 Å². The van der Waals surface area contributed by atoms with Crippen molar-refractivity contribution in [3.05, 3.63) is 53.6 Å². The molecule has 0 bridgehead atoms. The van der Waals surface area contributed by atoms with E-state index in [1.165, 1.54) is 36.4 Å². The lowest BCUT2D eigenvalue weighted by Gasteiger charge is -2.45. The molecule has 0 aliphatic carbocycles. The predicted molar refractivity (Wildman–Crippen MR) is 196 cm³/mol. The van der Waals surface area contributed by atoms with E-state index < -0.39 is 154 Å². The minimum Gasteiger partial charge on any atom is -0.504 e. The van der Waals surface area contributed by atoms with Gasteiger partial charge in [-0.15, -0.1) is 0 Å². The summed E-state index contributed by atoms with van der Waals surface area (Å²) in [7, 11) is 0. The lowest BCUT2D eigenvalue weighted by Crippen LogP contribution is -2.63. The predicted octanol–water partition coefficient (Wildman–Crippen LogP) is -4.47. The molecule has 0 radical (unpaired) electrons. The van der Waals surface area contributed by atoms with Crippen molar-refractivity contribution in [2.75, 3.05) is 46.2 Å². The van der Waals surface area contributed by atoms with E-state index in [0.717, 1.165) is 12.1 Å². The first kappa shape index (κ1) is 46.7. The number of carbonyl (C=O) groups excluding carboxylic acids is 1. The van der Waals surface area contributed by atoms with Crippen molar-refractivity contribution in [3.8, 4) is 23.0 Å². The summed E-state index contributed by atoms with van der Waals surface area (Å²) in [6, 6.07) is 7.72. The van der Waals surface area contributed by atoms with E-state index in [4.69, 9.17) is 42.6 Å². The number of rotatable bonds is 16. The van der Waals surface area contributed by atoms with E-state index in [1.807, 2.05) is 0 Å². The molecule has 0 saturated carbocycles. The molecule has 4 aliphatic heterocycles. The zero-order valence-electron chi connectivity index (χ0n) is 32.2. The first-order chi connectivity index (χ1) is 29.0. The van der Waals surface area contributed by atoms with E-state index in [0.29, 0.717) is 5.56 Å². The minimum atomic E-state index is -2.18. The Morgan fingerprint density at radius 3 is 1.93 bits per heavy atom. The lowest BCUT2D eigenvalue weighted by molar-refractivity contribution is -0.343. The van der Waals surface area contributed by atoms with Gasteiger partial charge in [0.1, 0.15) is 60.0 Å². The van der Waals surface area contributed by atoms with Crippen molar-refractivity contribution < 1.29 is 114 Å². The lowest BCUT2D eigenvalue weighted by atomic mass is 9.97. The highest BCUT2D eigenvalue weighted by Crippen LogP contribution is 2.35. The highest BCUT2D eigenvalue weighted by atomic mass is 16.8. The Kier molecular flexibility index (Phi) is 15.1. The van der Waals surface area contributed by atoms with Gasteiger partial charge < -0.3 is 109 Å². The number of aliphatic hydroxyl groups is 9. The quantitative estimate of drug-likeness (QED) is 0.0430. The maximum absolute atomic E-state index is 13.4. The molecule has 15 atom stereocenters. The maximum atomic E-state index is 13.4. The van der Waals surface area contributed by atoms with E-state index in [1.54, 1.807) is 0 Å². The number of phenolic OH excluding ortho intramolecular Hbond substituents is 4. The average molecular weight is 875 g/mol. The molecule has 23 nitrogen and oxygen atoms in total. The summed E-state index contributed by atoms with van der Waals surface area (Å²) in [5.74, 6) is -2.75. The van der Waals surface area contributed by atoms with Crippen LogP contribution in [0.5, 0.6) is 23.0 Å². The first-order valence-corrected chi connectivity index (χ1v) is 19.0. The normalized spacial score (nSPS) is 38.0. The summed E-state index contributed by atoms with van der Waals surface area (Å²) in [5, 5.41) is 134. The number of esters is 1. The molecule has 4 saturated heterocycles. The summed E-state index contributed by atoms with van der Waals surface area (Å²) in [4.78, 5) is 13.4. The molecule has 23 heteroatoms. The first-order valence-electron chi connectivity index (χ1n) is 19.0. The van der Waals surface area contributed by atoms with Gasteiger partial charge in [-0.3, -0.25) is 0 Å². The van der Waals surface area contributed by atoms with Crippen LogP contribution in [-0.4, -0.2) is 210 Å². The standard InChI is InChI=1S/C38H50O23/c39-13-37(51)15-56-35(31(37)49)58-23-11-54-33(27(47)26(23)46)55-12-24-29(60-25(45)6-3-17-1-4-19(41)21(43)9-17)30(61-36-32(50)38(52,14-40)16-57-36)28(48)34(59-24)53-8-7-18-2-5-20(42)22(44)10-18/h1-6,9-10,23-24,26-36,39-44,46-52H,7-8,11-16H2/b6-3+/t23-,24-,26+,27-,28-,29-,30-,31+,32+,33+,34-,35+,36+,37-,38-/m1/s1. The van der Waals surface area contributed by atoms with Crippen molar-refractivity contribution in [1.82, 2.24) is 0 Å². The smallest absolute Gasteiger partial charge is 0.331 e. The molecule has 2 aromatic carbocycles. The molecule has 6 rings (SSSR count). The Morgan fingerprint density at radius 2 is 1.33 bits per heavy atom. The van der Waals surface area contributed by atoms with E-state index in [2.05, 4.69) is 0 Å². The zero-order chi connectivity index (χ0) is 44.2. The molecule has 2 aromatic rings. The number of benzene rings is 2. The van der Waals surface area contributed by atoms with Crippen LogP contribution in [-0.2, 0) is 53.8 Å². The number of phenols is 4. The molecule has 4 fully saturated rings. The Bertz CT molecular complexity index is 1820. The highest BCUT2D eigenvalue weighted by molar-refractivity contribution is 5.87. The third-order valence-electron chi connectivity index (χ3n) is 10.6. The molecular weight excluding hydrogens is 824 g/mol. The Morgan fingerprint density at radius 1 is 0.705 bits per heavy atom. The molecule has 0 spiro atoms. The van der Waals surface area contributed by atoms with Crippen LogP contribution in [0.2, 0.25) is 0 Å². The van der Waals surface area contributed by atoms with Crippen LogP contribution in [0.25, 0.3) is 6.08 Å². The minimum absolute atomic E-state index is 0.0998. The average Bonchev–Trinajstić information content (AvgIpc) is 3.69. The summed E-state index contributed by atoms with van der Waals surface area (Å²) in [6.07, 6.45) is -19.7. The van der Waals surface area contributed by atoms with Gasteiger partial charge in [-0.2, -0.15) is 0 Å². The van der Waals surface area contributed by atoms with Crippen molar-refractivity contribution in [2.45, 2.75) is 97.7 Å². The molecule has 340 valence electrons. The van der Waals surface area contributed by atoms with Crippen LogP contribution in [0.4, 0.5) is 0 Å². The second-order valence-corrected chi connectivity index (χ2v) is 15.0. The number of hydrogen-bond donors (Lipinski definition) is 13. The summed E-state index contributed by atoms with van der Waals surface area (Å²) >= 11 is 0. The monoisotopic (exact) mass is 874 g/mol. The number of aromatic hydroxyl groups is 4. The van der Waals surface area contributed by atoms with Gasteiger partial charge in [0, 0.05) is 6.08 Å². The van der Waals surface area contributed by atoms with E-state index in [-0.39, 0.29) is 24.3 Å². The number of hydrogen-bond acceptors (Lipinski definition) is 23. The largest absolute Gasteiger partial charge is 0.504 e. The van der Waals surface area contributed by atoms with Crippen LogP contribution < -0.4 is 0 Å². The second kappa shape index (κ2) is 19.7. The van der Waals surface area contributed by atoms with Crippen molar-refractivity contribution in [3.63, 3.8) is 0 Å². The van der Waals surface area contributed by atoms with Crippen molar-refractivity contribution in [2.24, 2.45) is 0 Å². The van der Waals surface area contributed by atoms with Crippen LogP contribution in [0.1, 0.15) is 11.1 Å². The fourth-order valence-corrected chi connectivity index (χ4v) is 6.83. The van der Waals surface area contributed by atoms with Gasteiger partial charge in [0.25, 0.3) is 0 Å². The summed E-state index contributed by atoms with van der Waals surface area (Å²) < 4.78 is 51.1. The number of aliphatic hydroxyl groups excluding tert-OH is 7. The Balaban J connectivity index is 1.22. The molecule has 4 aliphatic rings. The van der Waals surface area contributed by atoms with Crippen LogP contribution in [0, 0.1) is 0 Å².